The molecule has 1 aromatic carbocycles. The SMILES string of the molecule is CC(=O)c1ccc(Nc2cc(C)nc3c2=CCCC=3)cc1. The number of anilines is 2. The van der Waals surface area contributed by atoms with Gasteiger partial charge in [-0.15, -0.1) is 0 Å². The van der Waals surface area contributed by atoms with E-state index in [2.05, 4.69) is 28.5 Å². The lowest BCUT2D eigenvalue weighted by Gasteiger charge is -2.11. The molecule has 0 unspecified atom stereocenters. The number of hydrogen-bond acceptors (Lipinski definition) is 3. The molecular weight excluding hydrogens is 260 g/mol. The molecule has 106 valence electrons. The average Bonchev–Trinajstić information content (AvgIpc) is 2.47. The van der Waals surface area contributed by atoms with Crippen molar-refractivity contribution in [1.29, 1.82) is 0 Å². The zero-order chi connectivity index (χ0) is 14.8. The van der Waals surface area contributed by atoms with Gasteiger partial charge in [-0.05, 0) is 57.0 Å². The summed E-state index contributed by atoms with van der Waals surface area (Å²) in [6.07, 6.45) is 6.52. The normalized spacial score (nSPS) is 12.9. The maximum atomic E-state index is 11.3. The summed E-state index contributed by atoms with van der Waals surface area (Å²) in [5.41, 5.74) is 3.78. The van der Waals surface area contributed by atoms with E-state index in [-0.39, 0.29) is 5.78 Å². The van der Waals surface area contributed by atoms with Crippen LogP contribution in [0.4, 0.5) is 11.4 Å². The van der Waals surface area contributed by atoms with Crippen molar-refractivity contribution in [2.24, 2.45) is 0 Å². The van der Waals surface area contributed by atoms with Crippen LogP contribution in [0.5, 0.6) is 0 Å². The minimum absolute atomic E-state index is 0.0848. The molecule has 0 aliphatic heterocycles. The molecule has 1 aliphatic rings. The van der Waals surface area contributed by atoms with Crippen LogP contribution < -0.4 is 15.9 Å². The van der Waals surface area contributed by atoms with Gasteiger partial charge in [0.25, 0.3) is 0 Å². The number of aromatic nitrogens is 1. The van der Waals surface area contributed by atoms with Gasteiger partial charge in [-0.1, -0.05) is 12.2 Å². The molecule has 0 fully saturated rings. The van der Waals surface area contributed by atoms with Crippen molar-refractivity contribution in [2.45, 2.75) is 26.7 Å². The third kappa shape index (κ3) is 2.87. The summed E-state index contributed by atoms with van der Waals surface area (Å²) < 4.78 is 0. The van der Waals surface area contributed by atoms with Gasteiger partial charge in [-0.2, -0.15) is 0 Å². The van der Waals surface area contributed by atoms with Crippen molar-refractivity contribution in [2.75, 3.05) is 5.32 Å². The highest BCUT2D eigenvalue weighted by Crippen LogP contribution is 2.15. The molecule has 0 saturated heterocycles. The van der Waals surface area contributed by atoms with Crippen molar-refractivity contribution >= 4 is 29.3 Å². The number of nitrogens with zero attached hydrogens (tertiary/aromatic N) is 1. The van der Waals surface area contributed by atoms with E-state index in [1.807, 2.05) is 31.2 Å². The fourth-order valence-electron chi connectivity index (χ4n) is 2.57. The smallest absolute Gasteiger partial charge is 0.159 e. The van der Waals surface area contributed by atoms with Crippen LogP contribution in [0.3, 0.4) is 0 Å². The van der Waals surface area contributed by atoms with E-state index in [0.717, 1.165) is 40.8 Å². The van der Waals surface area contributed by atoms with Crippen LogP contribution in [0, 0.1) is 6.92 Å². The summed E-state index contributed by atoms with van der Waals surface area (Å²) in [6.45, 7) is 3.59. The Morgan fingerprint density at radius 2 is 1.86 bits per heavy atom. The Morgan fingerprint density at radius 1 is 1.14 bits per heavy atom. The minimum atomic E-state index is 0.0848. The predicted octanol–water partition coefficient (Wildman–Crippen LogP) is 2.69. The average molecular weight is 278 g/mol. The number of Topliss-reactive ketones (excluding diaryl/α,β-unsaturated/α-hetero) is 1. The van der Waals surface area contributed by atoms with E-state index in [0.29, 0.717) is 0 Å². The quantitative estimate of drug-likeness (QED) is 0.878. The van der Waals surface area contributed by atoms with Gasteiger partial charge in [-0.3, -0.25) is 9.78 Å². The lowest BCUT2D eigenvalue weighted by Crippen LogP contribution is -2.32. The lowest BCUT2D eigenvalue weighted by molar-refractivity contribution is 0.101. The lowest BCUT2D eigenvalue weighted by atomic mass is 10.1. The molecule has 3 nitrogen and oxygen atoms in total. The van der Waals surface area contributed by atoms with Crippen molar-refractivity contribution in [3.8, 4) is 0 Å². The molecule has 21 heavy (non-hydrogen) atoms. The molecule has 3 rings (SSSR count). The Bertz CT molecular complexity index is 804. The first kappa shape index (κ1) is 13.6. The van der Waals surface area contributed by atoms with Crippen LogP contribution >= 0.6 is 0 Å². The number of aryl methyl sites for hydroxylation is 1. The van der Waals surface area contributed by atoms with E-state index in [1.165, 1.54) is 5.22 Å². The van der Waals surface area contributed by atoms with Gasteiger partial charge in [0.15, 0.2) is 5.78 Å². The minimum Gasteiger partial charge on any atom is -0.355 e. The van der Waals surface area contributed by atoms with Gasteiger partial charge in [0.2, 0.25) is 0 Å². The van der Waals surface area contributed by atoms with Gasteiger partial charge in [0, 0.05) is 27.9 Å². The van der Waals surface area contributed by atoms with Gasteiger partial charge in [-0.25, -0.2) is 0 Å². The number of hydrogen-bond donors (Lipinski definition) is 1. The van der Waals surface area contributed by atoms with Crippen LogP contribution in [0.1, 0.15) is 35.8 Å². The third-order valence-corrected chi connectivity index (χ3v) is 3.64. The molecule has 2 aromatic rings. The summed E-state index contributed by atoms with van der Waals surface area (Å²) in [6, 6.07) is 9.63. The van der Waals surface area contributed by atoms with Crippen molar-refractivity contribution < 1.29 is 4.79 Å². The first-order valence-electron chi connectivity index (χ1n) is 7.19. The van der Waals surface area contributed by atoms with Crippen molar-refractivity contribution in [1.82, 2.24) is 4.98 Å². The van der Waals surface area contributed by atoms with Crippen LogP contribution in [0.2, 0.25) is 0 Å². The van der Waals surface area contributed by atoms with Crippen LogP contribution in [0.15, 0.2) is 30.3 Å². The first-order valence-corrected chi connectivity index (χ1v) is 7.19. The van der Waals surface area contributed by atoms with Crippen LogP contribution in [-0.4, -0.2) is 10.8 Å². The van der Waals surface area contributed by atoms with Gasteiger partial charge in [0.1, 0.15) is 0 Å². The Labute approximate surface area is 124 Å². The standard InChI is InChI=1S/C18H18N2O/c1-12-11-18(16-5-3-4-6-17(16)19-12)20-15-9-7-14(8-10-15)13(2)21/h5-11,20H,3-4H2,1-2H3. The topological polar surface area (TPSA) is 42.0 Å². The molecular formula is C18H18N2O. The van der Waals surface area contributed by atoms with E-state index in [1.54, 1.807) is 6.92 Å². The number of ketones is 1. The van der Waals surface area contributed by atoms with Crippen molar-refractivity contribution in [3.63, 3.8) is 0 Å². The molecule has 0 bridgehead atoms. The molecule has 0 saturated carbocycles. The maximum Gasteiger partial charge on any atom is 0.159 e. The van der Waals surface area contributed by atoms with E-state index in [9.17, 15) is 4.79 Å². The van der Waals surface area contributed by atoms with Gasteiger partial charge >= 0.3 is 0 Å². The molecule has 1 heterocycles. The summed E-state index contributed by atoms with van der Waals surface area (Å²) in [7, 11) is 0. The van der Waals surface area contributed by atoms with E-state index < -0.39 is 0 Å². The number of rotatable bonds is 3. The first-order chi connectivity index (χ1) is 10.1. The number of nitrogens with one attached hydrogen (secondary N) is 1. The highest BCUT2D eigenvalue weighted by Gasteiger charge is 2.05. The summed E-state index contributed by atoms with van der Waals surface area (Å²) in [5, 5.41) is 5.66. The number of carbonyl (C=O) groups is 1. The zero-order valence-corrected chi connectivity index (χ0v) is 12.3. The Kier molecular flexibility index (Phi) is 3.57. The van der Waals surface area contributed by atoms with Crippen LogP contribution in [0.25, 0.3) is 12.2 Å². The second-order valence-corrected chi connectivity index (χ2v) is 5.35. The highest BCUT2D eigenvalue weighted by atomic mass is 16.1. The molecule has 0 amide bonds. The Morgan fingerprint density at radius 3 is 2.57 bits per heavy atom. The number of pyridine rings is 1. The molecule has 0 radical (unpaired) electrons. The molecule has 3 heteroatoms. The van der Waals surface area contributed by atoms with Crippen molar-refractivity contribution in [3.05, 3.63) is 52.2 Å². The summed E-state index contributed by atoms with van der Waals surface area (Å²) in [4.78, 5) is 15.9. The predicted molar refractivity (Wildman–Crippen MR) is 86.1 cm³/mol. The Balaban J connectivity index is 1.99. The fourth-order valence-corrected chi connectivity index (χ4v) is 2.57. The largest absolute Gasteiger partial charge is 0.355 e. The van der Waals surface area contributed by atoms with E-state index >= 15 is 0 Å². The second kappa shape index (κ2) is 5.52. The molecule has 0 atom stereocenters. The van der Waals surface area contributed by atoms with E-state index in [4.69, 9.17) is 0 Å². The zero-order valence-electron chi connectivity index (χ0n) is 12.3. The number of carbonyl (C=O) groups excluding carboxylic acids is 1. The molecule has 1 aliphatic carbocycles. The summed E-state index contributed by atoms with van der Waals surface area (Å²) in [5.74, 6) is 0.0848. The number of fused-ring (bicyclic) bond motifs is 1. The molecule has 1 aromatic heterocycles. The maximum absolute atomic E-state index is 11.3. The van der Waals surface area contributed by atoms with Gasteiger partial charge in [0.05, 0.1) is 5.35 Å². The monoisotopic (exact) mass is 278 g/mol. The second-order valence-electron chi connectivity index (χ2n) is 5.35. The number of benzene rings is 1. The fraction of sp³-hybridized carbons (Fsp3) is 0.222. The van der Waals surface area contributed by atoms with Gasteiger partial charge < -0.3 is 5.32 Å². The third-order valence-electron chi connectivity index (χ3n) is 3.64. The Hall–Kier alpha value is -2.42. The molecule has 1 N–H and O–H groups in total. The van der Waals surface area contributed by atoms with Crippen LogP contribution in [-0.2, 0) is 0 Å². The summed E-state index contributed by atoms with van der Waals surface area (Å²) >= 11 is 0. The highest BCUT2D eigenvalue weighted by molar-refractivity contribution is 5.94. The molecule has 0 spiro atoms.